The van der Waals surface area contributed by atoms with E-state index in [-0.39, 0.29) is 56.4 Å². The van der Waals surface area contributed by atoms with Gasteiger partial charge in [0.25, 0.3) is 5.91 Å². The molecule has 3 aromatic rings. The van der Waals surface area contributed by atoms with Crippen molar-refractivity contribution in [2.45, 2.75) is 6.92 Å². The molecule has 0 saturated carbocycles. The van der Waals surface area contributed by atoms with E-state index in [0.717, 1.165) is 23.8 Å². The van der Waals surface area contributed by atoms with E-state index in [9.17, 15) is 18.7 Å². The third kappa shape index (κ3) is 6.24. The molecule has 0 atom stereocenters. The number of carbonyl (C=O) groups excluding carboxylic acids is 1. The van der Waals surface area contributed by atoms with E-state index in [1.807, 2.05) is 31.2 Å². The van der Waals surface area contributed by atoms with Crippen LogP contribution in [0.25, 0.3) is 0 Å². The second-order valence-corrected chi connectivity index (χ2v) is 6.01. The summed E-state index contributed by atoms with van der Waals surface area (Å²) in [6.45, 7) is 2.07. The van der Waals surface area contributed by atoms with E-state index in [1.54, 1.807) is 0 Å². The summed E-state index contributed by atoms with van der Waals surface area (Å²) in [4.78, 5) is 12.1. The van der Waals surface area contributed by atoms with Crippen LogP contribution in [0.4, 0.5) is 20.2 Å². The van der Waals surface area contributed by atoms with Crippen LogP contribution in [0.15, 0.2) is 54.6 Å². The minimum atomic E-state index is -1.12. The molecule has 0 aromatic heterocycles. The van der Waals surface area contributed by atoms with Crippen molar-refractivity contribution in [3.05, 3.63) is 83.4 Å². The van der Waals surface area contributed by atoms with Gasteiger partial charge in [0.15, 0.2) is 11.6 Å². The van der Waals surface area contributed by atoms with Crippen molar-refractivity contribution in [3.8, 4) is 11.5 Å². The molecule has 0 aliphatic heterocycles. The number of amides is 1. The SMILES string of the molecule is Cc1cccc(OCNc2c[c-]c(NC(=O)c3ccc(F)c(F)c3)cc2O)c1.[Y]. The van der Waals surface area contributed by atoms with E-state index in [1.165, 1.54) is 12.1 Å². The first-order chi connectivity index (χ1) is 13.4. The molecule has 3 rings (SSSR count). The summed E-state index contributed by atoms with van der Waals surface area (Å²) >= 11 is 0. The van der Waals surface area contributed by atoms with Crippen molar-refractivity contribution >= 4 is 17.3 Å². The Labute approximate surface area is 192 Å². The van der Waals surface area contributed by atoms with Gasteiger partial charge in [-0.05, 0) is 48.5 Å². The van der Waals surface area contributed by atoms with Crippen LogP contribution in [0.1, 0.15) is 15.9 Å². The summed E-state index contributed by atoms with van der Waals surface area (Å²) in [6.07, 6.45) is 0. The predicted molar refractivity (Wildman–Crippen MR) is 102 cm³/mol. The Kier molecular flexibility index (Phi) is 8.11. The minimum absolute atomic E-state index is 0. The molecule has 0 heterocycles. The topological polar surface area (TPSA) is 70.6 Å². The molecular formula is C21H17F2N2O3Y-. The first kappa shape index (κ1) is 22.8. The Balaban J connectivity index is 0.00000300. The second-order valence-electron chi connectivity index (χ2n) is 6.01. The molecule has 1 amide bonds. The zero-order valence-corrected chi connectivity index (χ0v) is 18.3. The van der Waals surface area contributed by atoms with E-state index in [0.29, 0.717) is 11.4 Å². The number of hydrogen-bond acceptors (Lipinski definition) is 4. The first-order valence-corrected chi connectivity index (χ1v) is 8.37. The fourth-order valence-corrected chi connectivity index (χ4v) is 2.43. The number of benzene rings is 3. The molecule has 29 heavy (non-hydrogen) atoms. The van der Waals surface area contributed by atoms with Gasteiger partial charge in [0.1, 0.15) is 12.5 Å². The van der Waals surface area contributed by atoms with Gasteiger partial charge in [-0.25, -0.2) is 8.78 Å². The summed E-state index contributed by atoms with van der Waals surface area (Å²) in [5.41, 5.74) is 1.55. The van der Waals surface area contributed by atoms with Crippen LogP contribution in [0, 0.1) is 24.6 Å². The predicted octanol–water partition coefficient (Wildman–Crippen LogP) is 4.48. The summed E-state index contributed by atoms with van der Waals surface area (Å²) < 4.78 is 31.7. The van der Waals surface area contributed by atoms with Gasteiger partial charge in [0.05, 0.1) is 0 Å². The first-order valence-electron chi connectivity index (χ1n) is 8.37. The minimum Gasteiger partial charge on any atom is -0.531 e. The van der Waals surface area contributed by atoms with E-state index < -0.39 is 17.5 Å². The van der Waals surface area contributed by atoms with Crippen molar-refractivity contribution < 1.29 is 56.1 Å². The molecule has 1 radical (unpaired) electrons. The molecule has 0 aliphatic rings. The number of phenols is 1. The number of rotatable bonds is 6. The van der Waals surface area contributed by atoms with Crippen LogP contribution >= 0.6 is 0 Å². The van der Waals surface area contributed by atoms with Crippen LogP contribution < -0.4 is 15.4 Å². The average Bonchev–Trinajstić information content (AvgIpc) is 2.66. The van der Waals surface area contributed by atoms with Crippen LogP contribution in [-0.4, -0.2) is 17.7 Å². The smallest absolute Gasteiger partial charge is 0.253 e. The van der Waals surface area contributed by atoms with Crippen LogP contribution in [0.3, 0.4) is 0 Å². The maximum absolute atomic E-state index is 13.2. The van der Waals surface area contributed by atoms with Gasteiger partial charge in [0, 0.05) is 44.0 Å². The van der Waals surface area contributed by atoms with Crippen LogP contribution in [0.2, 0.25) is 0 Å². The molecule has 0 spiro atoms. The van der Waals surface area contributed by atoms with Crippen molar-refractivity contribution in [1.82, 2.24) is 0 Å². The number of halogens is 2. The third-order valence-electron chi connectivity index (χ3n) is 3.85. The summed E-state index contributed by atoms with van der Waals surface area (Å²) in [5.74, 6) is -2.26. The molecule has 0 unspecified atom stereocenters. The number of aryl methyl sites for hydroxylation is 1. The molecule has 147 valence electrons. The fourth-order valence-electron chi connectivity index (χ4n) is 2.43. The number of ether oxygens (including phenoxy) is 1. The van der Waals surface area contributed by atoms with Gasteiger partial charge in [0.2, 0.25) is 0 Å². The number of anilines is 2. The Morgan fingerprint density at radius 3 is 2.62 bits per heavy atom. The normalized spacial score (nSPS) is 10.0. The standard InChI is InChI=1S/C21H17F2N2O3.Y/c1-13-3-2-4-16(9-13)28-12-24-19-8-6-15(11-20(19)26)25-21(27)14-5-7-17(22)18(23)10-14;/h2-5,7-11,24,26H,12H2,1H3,(H,25,27);/q-1;. The fraction of sp³-hybridized carbons (Fsp3) is 0.0952. The molecule has 8 heteroatoms. The molecule has 5 nitrogen and oxygen atoms in total. The number of aromatic hydroxyl groups is 1. The molecule has 0 saturated heterocycles. The molecule has 0 bridgehead atoms. The largest absolute Gasteiger partial charge is 0.531 e. The van der Waals surface area contributed by atoms with Crippen molar-refractivity contribution in [3.63, 3.8) is 0 Å². The zero-order chi connectivity index (χ0) is 20.1. The van der Waals surface area contributed by atoms with E-state index in [4.69, 9.17) is 4.74 Å². The zero-order valence-electron chi connectivity index (χ0n) is 15.5. The van der Waals surface area contributed by atoms with Crippen LogP contribution in [0.5, 0.6) is 11.5 Å². The Morgan fingerprint density at radius 2 is 1.93 bits per heavy atom. The van der Waals surface area contributed by atoms with E-state index in [2.05, 4.69) is 16.7 Å². The number of nitrogens with one attached hydrogen (secondary N) is 2. The molecule has 0 aliphatic carbocycles. The molecule has 3 aromatic carbocycles. The number of carbonyl (C=O) groups is 1. The van der Waals surface area contributed by atoms with Crippen molar-refractivity contribution in [1.29, 1.82) is 0 Å². The Hall–Kier alpha value is -2.51. The maximum Gasteiger partial charge on any atom is 0.253 e. The summed E-state index contributed by atoms with van der Waals surface area (Å²) in [5, 5.41) is 15.5. The molecule has 3 N–H and O–H groups in total. The summed E-state index contributed by atoms with van der Waals surface area (Å²) in [6, 6.07) is 15.9. The van der Waals surface area contributed by atoms with Gasteiger partial charge in [-0.1, -0.05) is 17.8 Å². The van der Waals surface area contributed by atoms with Gasteiger partial charge < -0.3 is 20.5 Å². The molecule has 0 fully saturated rings. The van der Waals surface area contributed by atoms with E-state index >= 15 is 0 Å². The van der Waals surface area contributed by atoms with Gasteiger partial charge in [-0.3, -0.25) is 4.79 Å². The third-order valence-corrected chi connectivity index (χ3v) is 3.85. The van der Waals surface area contributed by atoms with Crippen LogP contribution in [-0.2, 0) is 32.7 Å². The Morgan fingerprint density at radius 1 is 1.14 bits per heavy atom. The van der Waals surface area contributed by atoms with Gasteiger partial charge in [-0.2, -0.15) is 6.07 Å². The second kappa shape index (κ2) is 10.3. The van der Waals surface area contributed by atoms with Gasteiger partial charge in [-0.15, -0.1) is 12.1 Å². The maximum atomic E-state index is 13.2. The summed E-state index contributed by atoms with van der Waals surface area (Å²) in [7, 11) is 0. The Bertz CT molecular complexity index is 1010. The van der Waals surface area contributed by atoms with Crippen molar-refractivity contribution in [2.75, 3.05) is 17.4 Å². The average molecular weight is 472 g/mol. The quantitative estimate of drug-likeness (QED) is 0.281. The van der Waals surface area contributed by atoms with Gasteiger partial charge >= 0.3 is 0 Å². The molecular weight excluding hydrogens is 455 g/mol. The monoisotopic (exact) mass is 472 g/mol. The number of phenolic OH excluding ortho intramolecular Hbond substituents is 1. The van der Waals surface area contributed by atoms with Crippen molar-refractivity contribution in [2.24, 2.45) is 0 Å². The number of hydrogen-bond donors (Lipinski definition) is 3.